The average Bonchev–Trinajstić information content (AvgIpc) is 2.83. The molecule has 0 aromatic heterocycles. The van der Waals surface area contributed by atoms with Gasteiger partial charge in [-0.3, -0.25) is 14.4 Å². The van der Waals surface area contributed by atoms with Gasteiger partial charge in [0.1, 0.15) is 11.5 Å². The summed E-state index contributed by atoms with van der Waals surface area (Å²) in [5.74, 6) is -1.39. The van der Waals surface area contributed by atoms with Crippen LogP contribution in [0.25, 0.3) is 0 Å². The Labute approximate surface area is 224 Å². The topological polar surface area (TPSA) is 118 Å². The minimum Gasteiger partial charge on any atom is -0.497 e. The molecule has 3 N–H and O–H groups in total. The first-order chi connectivity index (χ1) is 17.2. The third-order valence-corrected chi connectivity index (χ3v) is 5.33. The molecule has 3 amide bonds. The number of carbonyl (C=O) groups excluding carboxylic acids is 3. The maximum absolute atomic E-state index is 12.3. The summed E-state index contributed by atoms with van der Waals surface area (Å²) in [5.41, 5.74) is 3.43. The number of halogens is 3. The summed E-state index contributed by atoms with van der Waals surface area (Å²) >= 11 is 15.2. The molecule has 3 rings (SSSR count). The molecule has 0 saturated carbocycles. The van der Waals surface area contributed by atoms with Crippen molar-refractivity contribution >= 4 is 74.4 Å². The van der Waals surface area contributed by atoms with E-state index in [1.54, 1.807) is 60.7 Å². The lowest BCUT2D eigenvalue weighted by atomic mass is 10.2. The van der Waals surface area contributed by atoms with Crippen LogP contribution in [0.2, 0.25) is 10.0 Å². The van der Waals surface area contributed by atoms with E-state index in [1.165, 1.54) is 13.3 Å². The van der Waals surface area contributed by atoms with Crippen molar-refractivity contribution in [2.45, 2.75) is 0 Å². The van der Waals surface area contributed by atoms with E-state index < -0.39 is 17.7 Å². The van der Waals surface area contributed by atoms with Crippen molar-refractivity contribution in [3.8, 4) is 11.5 Å². The van der Waals surface area contributed by atoms with Gasteiger partial charge in [0.05, 0.1) is 13.3 Å². The lowest BCUT2D eigenvalue weighted by molar-refractivity contribution is -0.136. The van der Waals surface area contributed by atoms with Gasteiger partial charge < -0.3 is 20.1 Å². The fourth-order valence-electron chi connectivity index (χ4n) is 2.79. The van der Waals surface area contributed by atoms with Gasteiger partial charge in [0.2, 0.25) is 0 Å². The molecule has 3 aromatic rings. The second-order valence-electron chi connectivity index (χ2n) is 7.06. The predicted octanol–water partition coefficient (Wildman–Crippen LogP) is 4.87. The van der Waals surface area contributed by atoms with Crippen molar-refractivity contribution in [3.63, 3.8) is 0 Å². The maximum Gasteiger partial charge on any atom is 0.329 e. The van der Waals surface area contributed by atoms with E-state index in [4.69, 9.17) is 32.7 Å². The molecule has 0 saturated heterocycles. The molecule has 0 unspecified atom stereocenters. The van der Waals surface area contributed by atoms with Crippen molar-refractivity contribution in [3.05, 3.63) is 80.7 Å². The molecule has 186 valence electrons. The first kappa shape index (κ1) is 27.0. The van der Waals surface area contributed by atoms with Crippen molar-refractivity contribution in [1.82, 2.24) is 5.43 Å². The average molecular weight is 594 g/mol. The zero-order valence-corrected chi connectivity index (χ0v) is 21.8. The van der Waals surface area contributed by atoms with Gasteiger partial charge in [0.25, 0.3) is 5.91 Å². The minimum atomic E-state index is -0.973. The molecule has 0 atom stereocenters. The van der Waals surface area contributed by atoms with Gasteiger partial charge in [0, 0.05) is 31.5 Å². The minimum absolute atomic E-state index is 0.316. The van der Waals surface area contributed by atoms with Crippen molar-refractivity contribution in [2.24, 2.45) is 5.10 Å². The Bertz CT molecular complexity index is 1280. The van der Waals surface area contributed by atoms with E-state index >= 15 is 0 Å². The van der Waals surface area contributed by atoms with E-state index in [9.17, 15) is 14.4 Å². The number of carbonyl (C=O) groups is 3. The Morgan fingerprint density at radius 3 is 2.28 bits per heavy atom. The Kier molecular flexibility index (Phi) is 9.69. The highest BCUT2D eigenvalue weighted by atomic mass is 79.9. The molecule has 0 radical (unpaired) electrons. The van der Waals surface area contributed by atoms with Crippen LogP contribution in [0.5, 0.6) is 11.5 Å². The normalized spacial score (nSPS) is 10.6. The number of nitrogens with zero attached hydrogens (tertiary/aromatic N) is 1. The van der Waals surface area contributed by atoms with Crippen LogP contribution in [0.15, 0.2) is 70.2 Å². The van der Waals surface area contributed by atoms with Crippen LogP contribution in [-0.2, 0) is 14.4 Å². The van der Waals surface area contributed by atoms with Crippen molar-refractivity contribution in [1.29, 1.82) is 0 Å². The molecule has 0 heterocycles. The van der Waals surface area contributed by atoms with Crippen molar-refractivity contribution in [2.75, 3.05) is 24.4 Å². The van der Waals surface area contributed by atoms with E-state index in [-0.39, 0.29) is 6.61 Å². The molecule has 0 spiro atoms. The zero-order valence-electron chi connectivity index (χ0n) is 18.7. The summed E-state index contributed by atoms with van der Waals surface area (Å²) in [6.45, 7) is -0.316. The Morgan fingerprint density at radius 2 is 1.61 bits per heavy atom. The number of benzene rings is 3. The van der Waals surface area contributed by atoms with E-state index in [0.29, 0.717) is 43.0 Å². The molecule has 0 aliphatic heterocycles. The molecule has 9 nitrogen and oxygen atoms in total. The predicted molar refractivity (Wildman–Crippen MR) is 142 cm³/mol. The molecule has 12 heteroatoms. The van der Waals surface area contributed by atoms with E-state index in [2.05, 4.69) is 37.1 Å². The molecular formula is C24H19BrCl2N4O5. The standard InChI is InChI=1S/C24H19BrCl2N4O5/c1-35-20-5-3-18(4-6-20)30-23(33)24(34)31-28-12-14-8-15(25)2-7-21(14)36-13-22(32)29-19-10-16(26)9-17(27)11-19/h2-12H,13H2,1H3,(H,29,32)(H,30,33)(H,31,34)/b28-12-. The molecule has 36 heavy (non-hydrogen) atoms. The SMILES string of the molecule is COc1ccc(NC(=O)C(=O)N/N=C\c2cc(Br)ccc2OCC(=O)Nc2cc(Cl)cc(Cl)c2)cc1. The largest absolute Gasteiger partial charge is 0.497 e. The van der Waals surface area contributed by atoms with Crippen LogP contribution < -0.4 is 25.5 Å². The van der Waals surface area contributed by atoms with Gasteiger partial charge in [-0.1, -0.05) is 39.1 Å². The molecule has 0 aliphatic rings. The van der Waals surface area contributed by atoms with Crippen LogP contribution in [0, 0.1) is 0 Å². The van der Waals surface area contributed by atoms with Crippen LogP contribution in [0.3, 0.4) is 0 Å². The number of ether oxygens (including phenoxy) is 2. The molecule has 3 aromatic carbocycles. The number of hydrogen-bond acceptors (Lipinski definition) is 6. The Hall–Kier alpha value is -3.60. The lowest BCUT2D eigenvalue weighted by Gasteiger charge is -2.10. The summed E-state index contributed by atoms with van der Waals surface area (Å²) in [6.07, 6.45) is 1.29. The summed E-state index contributed by atoms with van der Waals surface area (Å²) in [4.78, 5) is 36.4. The lowest BCUT2D eigenvalue weighted by Crippen LogP contribution is -2.32. The number of hydrogen-bond donors (Lipinski definition) is 3. The van der Waals surface area contributed by atoms with E-state index in [0.717, 1.165) is 0 Å². The smallest absolute Gasteiger partial charge is 0.329 e. The number of nitrogens with one attached hydrogen (secondary N) is 3. The highest BCUT2D eigenvalue weighted by Crippen LogP contribution is 2.24. The maximum atomic E-state index is 12.3. The van der Waals surface area contributed by atoms with Gasteiger partial charge in [-0.2, -0.15) is 5.10 Å². The summed E-state index contributed by atoms with van der Waals surface area (Å²) in [7, 11) is 1.52. The van der Waals surface area contributed by atoms with Gasteiger partial charge in [-0.25, -0.2) is 5.43 Å². The zero-order chi connectivity index (χ0) is 26.1. The monoisotopic (exact) mass is 592 g/mol. The molecule has 0 fully saturated rings. The highest BCUT2D eigenvalue weighted by Gasteiger charge is 2.13. The summed E-state index contributed by atoms with van der Waals surface area (Å²) in [5, 5.41) is 9.66. The number of rotatable bonds is 8. The van der Waals surface area contributed by atoms with Gasteiger partial charge in [-0.05, 0) is 60.7 Å². The van der Waals surface area contributed by atoms with Gasteiger partial charge in [0.15, 0.2) is 6.61 Å². The Morgan fingerprint density at radius 1 is 0.917 bits per heavy atom. The first-order valence-electron chi connectivity index (χ1n) is 10.2. The summed E-state index contributed by atoms with van der Waals surface area (Å²) in [6, 6.07) is 16.1. The first-order valence-corrected chi connectivity index (χ1v) is 11.7. The third-order valence-electron chi connectivity index (χ3n) is 4.40. The number of anilines is 2. The number of hydrazone groups is 1. The number of amides is 3. The molecule has 0 bridgehead atoms. The number of methoxy groups -OCH3 is 1. The quantitative estimate of drug-likeness (QED) is 0.196. The van der Waals surface area contributed by atoms with Crippen LogP contribution in [-0.4, -0.2) is 37.7 Å². The third kappa shape index (κ3) is 8.26. The second-order valence-corrected chi connectivity index (χ2v) is 8.85. The van der Waals surface area contributed by atoms with Crippen LogP contribution >= 0.6 is 39.1 Å². The highest BCUT2D eigenvalue weighted by molar-refractivity contribution is 9.10. The van der Waals surface area contributed by atoms with Gasteiger partial charge >= 0.3 is 11.8 Å². The van der Waals surface area contributed by atoms with Crippen molar-refractivity contribution < 1.29 is 23.9 Å². The molecular weight excluding hydrogens is 575 g/mol. The molecule has 0 aliphatic carbocycles. The van der Waals surface area contributed by atoms with E-state index in [1.807, 2.05) is 0 Å². The fourth-order valence-corrected chi connectivity index (χ4v) is 3.70. The fraction of sp³-hybridized carbons (Fsp3) is 0.0833. The summed E-state index contributed by atoms with van der Waals surface area (Å²) < 4.78 is 11.3. The van der Waals surface area contributed by atoms with Gasteiger partial charge in [-0.15, -0.1) is 0 Å². The second kappa shape index (κ2) is 12.9. The van der Waals surface area contributed by atoms with Crippen LogP contribution in [0.4, 0.5) is 11.4 Å². The van der Waals surface area contributed by atoms with Crippen LogP contribution in [0.1, 0.15) is 5.56 Å². The Balaban J connectivity index is 1.57.